The Morgan fingerprint density at radius 1 is 1.14 bits per heavy atom. The molecule has 1 heterocycles. The van der Waals surface area contributed by atoms with Crippen LogP contribution in [0.3, 0.4) is 0 Å². The normalized spacial score (nSPS) is 14.3. The van der Waals surface area contributed by atoms with Crippen molar-refractivity contribution in [3.8, 4) is 0 Å². The molecule has 1 amide bonds. The average Bonchev–Trinajstić information content (AvgIpc) is 2.47. The Morgan fingerprint density at radius 2 is 1.76 bits per heavy atom. The Kier molecular flexibility index (Phi) is 11.7. The van der Waals surface area contributed by atoms with Crippen molar-refractivity contribution < 1.29 is 15.0 Å². The van der Waals surface area contributed by atoms with Gasteiger partial charge in [0.25, 0.3) is 0 Å². The van der Waals surface area contributed by atoms with Crippen molar-refractivity contribution in [2.24, 2.45) is 0 Å². The molecule has 2 rings (SSSR count). The number of carbonyl (C=O) groups is 1. The molecule has 3 N–H and O–H groups in total. The number of hydrogen-bond acceptors (Lipinski definition) is 3. The third-order valence-corrected chi connectivity index (χ3v) is 3.11. The van der Waals surface area contributed by atoms with Gasteiger partial charge in [-0.1, -0.05) is 24.6 Å². The van der Waals surface area contributed by atoms with E-state index in [4.69, 9.17) is 10.2 Å². The zero-order chi connectivity index (χ0) is 14.6. The Bertz CT molecular complexity index is 370. The van der Waals surface area contributed by atoms with Gasteiger partial charge in [0.1, 0.15) is 0 Å². The molecule has 0 bridgehead atoms. The Hall–Kier alpha value is -1.30. The second-order valence-electron chi connectivity index (χ2n) is 4.78. The highest BCUT2D eigenvalue weighted by molar-refractivity contribution is 5.85. The van der Waals surface area contributed by atoms with E-state index in [0.717, 1.165) is 13.0 Å². The minimum Gasteiger partial charge on any atom is -0.465 e. The van der Waals surface area contributed by atoms with Gasteiger partial charge in [-0.3, -0.25) is 5.32 Å². The van der Waals surface area contributed by atoms with Crippen molar-refractivity contribution in [1.29, 1.82) is 0 Å². The first-order valence-electron chi connectivity index (χ1n) is 7.10. The van der Waals surface area contributed by atoms with Crippen molar-refractivity contribution in [2.45, 2.75) is 25.7 Å². The monoisotopic (exact) mass is 316 g/mol. The van der Waals surface area contributed by atoms with Crippen molar-refractivity contribution in [3.63, 3.8) is 0 Å². The second kappa shape index (κ2) is 12.4. The van der Waals surface area contributed by atoms with Crippen LogP contribution < -0.4 is 5.32 Å². The number of para-hydroxylation sites is 1. The van der Waals surface area contributed by atoms with Gasteiger partial charge in [-0.25, -0.2) is 4.79 Å². The number of amides is 1. The fourth-order valence-electron chi connectivity index (χ4n) is 2.12. The van der Waals surface area contributed by atoms with Crippen LogP contribution in [-0.4, -0.2) is 47.4 Å². The smallest absolute Gasteiger partial charge is 0.409 e. The molecule has 0 radical (unpaired) electrons. The van der Waals surface area contributed by atoms with Crippen LogP contribution in [0, 0.1) is 0 Å². The second-order valence-corrected chi connectivity index (χ2v) is 4.78. The molecule has 0 spiro atoms. The van der Waals surface area contributed by atoms with Crippen LogP contribution in [0.2, 0.25) is 0 Å². The Labute approximate surface area is 132 Å². The first-order chi connectivity index (χ1) is 9.72. The lowest BCUT2D eigenvalue weighted by Gasteiger charge is -2.25. The maximum Gasteiger partial charge on any atom is 0.409 e. The maximum absolute atomic E-state index is 10.1. The van der Waals surface area contributed by atoms with Gasteiger partial charge >= 0.3 is 6.09 Å². The number of aliphatic hydroxyl groups is 1. The van der Waals surface area contributed by atoms with E-state index in [9.17, 15) is 4.79 Å². The summed E-state index contributed by atoms with van der Waals surface area (Å²) in [5.74, 6) is 0. The van der Waals surface area contributed by atoms with E-state index in [1.54, 1.807) is 24.3 Å². The van der Waals surface area contributed by atoms with E-state index < -0.39 is 6.09 Å². The van der Waals surface area contributed by atoms with Crippen LogP contribution in [0.25, 0.3) is 0 Å². The van der Waals surface area contributed by atoms with Crippen LogP contribution in [0.1, 0.15) is 25.7 Å². The lowest BCUT2D eigenvalue weighted by molar-refractivity contribution is 0.198. The topological polar surface area (TPSA) is 72.8 Å². The summed E-state index contributed by atoms with van der Waals surface area (Å²) >= 11 is 0. The van der Waals surface area contributed by atoms with Crippen molar-refractivity contribution >= 4 is 24.2 Å². The molecule has 1 aliphatic heterocycles. The zero-order valence-electron chi connectivity index (χ0n) is 12.2. The summed E-state index contributed by atoms with van der Waals surface area (Å²) in [4.78, 5) is 12.5. The molecule has 0 atom stereocenters. The maximum atomic E-state index is 10.1. The molecule has 1 fully saturated rings. The van der Waals surface area contributed by atoms with Gasteiger partial charge in [0.2, 0.25) is 0 Å². The van der Waals surface area contributed by atoms with Crippen molar-refractivity contribution in [1.82, 2.24) is 4.90 Å². The number of halogens is 1. The standard InChI is InChI=1S/C8H17NO.C7H7NO2.ClH/c10-8-4-7-9-5-2-1-3-6-9;9-7(10)8-6-4-2-1-3-5-6;/h10H,1-8H2;1-5,8H,(H,9,10);1H. The van der Waals surface area contributed by atoms with E-state index in [1.807, 2.05) is 6.07 Å². The average molecular weight is 317 g/mol. The highest BCUT2D eigenvalue weighted by atomic mass is 35.5. The lowest BCUT2D eigenvalue weighted by Crippen LogP contribution is -2.30. The van der Waals surface area contributed by atoms with Crippen LogP contribution in [0.5, 0.6) is 0 Å². The molecule has 0 saturated carbocycles. The molecule has 1 aromatic rings. The van der Waals surface area contributed by atoms with E-state index in [1.165, 1.54) is 32.4 Å². The number of piperidine rings is 1. The first-order valence-corrected chi connectivity index (χ1v) is 7.10. The number of carboxylic acid groups (broad SMARTS) is 1. The van der Waals surface area contributed by atoms with Crippen LogP contribution in [0.4, 0.5) is 10.5 Å². The fourth-order valence-corrected chi connectivity index (χ4v) is 2.12. The first kappa shape index (κ1) is 19.7. The number of anilines is 1. The largest absolute Gasteiger partial charge is 0.465 e. The van der Waals surface area contributed by atoms with Gasteiger partial charge in [0, 0.05) is 18.8 Å². The predicted octanol–water partition coefficient (Wildman–Crippen LogP) is 3.05. The predicted molar refractivity (Wildman–Crippen MR) is 87.3 cm³/mol. The highest BCUT2D eigenvalue weighted by Crippen LogP contribution is 2.08. The van der Waals surface area contributed by atoms with Gasteiger partial charge in [-0.05, 0) is 44.5 Å². The number of aliphatic hydroxyl groups excluding tert-OH is 1. The number of benzene rings is 1. The molecule has 6 heteroatoms. The quantitative estimate of drug-likeness (QED) is 0.798. The summed E-state index contributed by atoms with van der Waals surface area (Å²) in [5.41, 5.74) is 0.593. The molecule has 1 aromatic carbocycles. The Balaban J connectivity index is 0.000000364. The van der Waals surface area contributed by atoms with E-state index in [2.05, 4.69) is 10.2 Å². The summed E-state index contributed by atoms with van der Waals surface area (Å²) < 4.78 is 0. The van der Waals surface area contributed by atoms with E-state index in [0.29, 0.717) is 12.3 Å². The summed E-state index contributed by atoms with van der Waals surface area (Å²) in [6.45, 7) is 3.94. The number of nitrogens with one attached hydrogen (secondary N) is 1. The van der Waals surface area contributed by atoms with Crippen LogP contribution >= 0.6 is 12.4 Å². The molecule has 21 heavy (non-hydrogen) atoms. The fraction of sp³-hybridized carbons (Fsp3) is 0.533. The number of hydrogen-bond donors (Lipinski definition) is 3. The third kappa shape index (κ3) is 10.1. The molecule has 0 aromatic heterocycles. The minimum absolute atomic E-state index is 0. The van der Waals surface area contributed by atoms with Crippen molar-refractivity contribution in [2.75, 3.05) is 31.6 Å². The summed E-state index contributed by atoms with van der Waals surface area (Å²) in [6, 6.07) is 8.74. The summed E-state index contributed by atoms with van der Waals surface area (Å²) in [6.07, 6.45) is 4.01. The van der Waals surface area contributed by atoms with Gasteiger partial charge < -0.3 is 15.1 Å². The van der Waals surface area contributed by atoms with E-state index >= 15 is 0 Å². The Morgan fingerprint density at radius 3 is 2.29 bits per heavy atom. The van der Waals surface area contributed by atoms with Gasteiger partial charge in [0.15, 0.2) is 0 Å². The van der Waals surface area contributed by atoms with Gasteiger partial charge in [-0.15, -0.1) is 12.4 Å². The summed E-state index contributed by atoms with van der Waals surface area (Å²) in [5, 5.41) is 19.0. The molecule has 0 unspecified atom stereocenters. The number of likely N-dealkylation sites (tertiary alicyclic amines) is 1. The number of nitrogens with zero attached hydrogens (tertiary/aromatic N) is 1. The SMILES string of the molecule is Cl.O=C(O)Nc1ccccc1.OCCCN1CCCCC1. The molecular formula is C15H25ClN2O3. The van der Waals surface area contributed by atoms with Crippen LogP contribution in [0.15, 0.2) is 30.3 Å². The number of rotatable bonds is 4. The third-order valence-electron chi connectivity index (χ3n) is 3.11. The zero-order valence-corrected chi connectivity index (χ0v) is 13.0. The van der Waals surface area contributed by atoms with Crippen molar-refractivity contribution in [3.05, 3.63) is 30.3 Å². The molecule has 120 valence electrons. The van der Waals surface area contributed by atoms with E-state index in [-0.39, 0.29) is 12.4 Å². The molecule has 5 nitrogen and oxygen atoms in total. The van der Waals surface area contributed by atoms with Gasteiger partial charge in [-0.2, -0.15) is 0 Å². The molecular weight excluding hydrogens is 292 g/mol. The minimum atomic E-state index is -1.04. The van der Waals surface area contributed by atoms with Crippen LogP contribution in [-0.2, 0) is 0 Å². The molecule has 0 aliphatic carbocycles. The summed E-state index contributed by atoms with van der Waals surface area (Å²) in [7, 11) is 0. The highest BCUT2D eigenvalue weighted by Gasteiger charge is 2.07. The molecule has 1 aliphatic rings. The van der Waals surface area contributed by atoms with Gasteiger partial charge in [0.05, 0.1) is 0 Å². The molecule has 1 saturated heterocycles. The lowest BCUT2D eigenvalue weighted by atomic mass is 10.1.